The third-order valence-corrected chi connectivity index (χ3v) is 6.33. The van der Waals surface area contributed by atoms with Gasteiger partial charge in [0.1, 0.15) is 23.7 Å². The van der Waals surface area contributed by atoms with Gasteiger partial charge in [0, 0.05) is 23.6 Å². The molecule has 154 valence electrons. The molecule has 2 atom stereocenters. The van der Waals surface area contributed by atoms with E-state index in [1.165, 1.54) is 30.0 Å². The molecule has 0 spiro atoms. The fourth-order valence-electron chi connectivity index (χ4n) is 3.01. The van der Waals surface area contributed by atoms with Gasteiger partial charge in [-0.05, 0) is 6.92 Å². The number of thiazole rings is 1. The SMILES string of the molecule is C/C=C(\C(=O)N[C@@H]1C(=O)N2C(C(=O)O)=C(COC(C)=O)CS[C@H]12)c1csc(N)n1. The molecule has 3 rings (SSSR count). The Kier molecular flexibility index (Phi) is 5.94. The number of thioether (sulfide) groups is 1. The number of hydrogen-bond donors (Lipinski definition) is 3. The summed E-state index contributed by atoms with van der Waals surface area (Å²) in [6.07, 6.45) is 1.57. The predicted octanol–water partition coefficient (Wildman–Crippen LogP) is 0.430. The van der Waals surface area contributed by atoms with Crippen LogP contribution in [0.5, 0.6) is 0 Å². The summed E-state index contributed by atoms with van der Waals surface area (Å²) in [5.41, 5.74) is 6.42. The topological polar surface area (TPSA) is 152 Å². The quantitative estimate of drug-likeness (QED) is 0.326. The van der Waals surface area contributed by atoms with E-state index < -0.39 is 35.2 Å². The molecule has 10 nitrogen and oxygen atoms in total. The lowest BCUT2D eigenvalue weighted by Crippen LogP contribution is -2.70. The summed E-state index contributed by atoms with van der Waals surface area (Å²) >= 11 is 2.48. The van der Waals surface area contributed by atoms with Gasteiger partial charge in [0.15, 0.2) is 5.13 Å². The first-order valence-electron chi connectivity index (χ1n) is 8.46. The summed E-state index contributed by atoms with van der Waals surface area (Å²) in [6.45, 7) is 2.68. The van der Waals surface area contributed by atoms with Crippen LogP contribution in [-0.4, -0.2) is 62.5 Å². The lowest BCUT2D eigenvalue weighted by Gasteiger charge is -2.49. The van der Waals surface area contributed by atoms with E-state index in [0.717, 1.165) is 4.90 Å². The highest BCUT2D eigenvalue weighted by molar-refractivity contribution is 8.00. The van der Waals surface area contributed by atoms with Gasteiger partial charge in [0.05, 0.1) is 11.3 Å². The van der Waals surface area contributed by atoms with Crippen molar-refractivity contribution in [3.05, 3.63) is 28.4 Å². The number of nitrogens with one attached hydrogen (secondary N) is 1. The zero-order valence-corrected chi connectivity index (χ0v) is 17.1. The number of fused-ring (bicyclic) bond motifs is 1. The molecule has 0 unspecified atom stereocenters. The molecule has 29 heavy (non-hydrogen) atoms. The number of carbonyl (C=O) groups excluding carboxylic acids is 3. The predicted molar refractivity (Wildman–Crippen MR) is 106 cm³/mol. The van der Waals surface area contributed by atoms with Crippen LogP contribution >= 0.6 is 23.1 Å². The van der Waals surface area contributed by atoms with E-state index in [1.807, 2.05) is 0 Å². The molecule has 2 aliphatic heterocycles. The molecule has 4 N–H and O–H groups in total. The number of rotatable bonds is 6. The van der Waals surface area contributed by atoms with Crippen LogP contribution in [0.4, 0.5) is 5.13 Å². The third-order valence-electron chi connectivity index (χ3n) is 4.32. The number of amides is 2. The Hall–Kier alpha value is -2.86. The summed E-state index contributed by atoms with van der Waals surface area (Å²) in [7, 11) is 0. The van der Waals surface area contributed by atoms with Crippen molar-refractivity contribution in [1.29, 1.82) is 0 Å². The minimum absolute atomic E-state index is 0.203. The Morgan fingerprint density at radius 1 is 1.48 bits per heavy atom. The summed E-state index contributed by atoms with van der Waals surface area (Å²) in [4.78, 5) is 53.2. The monoisotopic (exact) mass is 438 g/mol. The lowest BCUT2D eigenvalue weighted by atomic mass is 10.0. The molecule has 1 aromatic heterocycles. The standard InChI is InChI=1S/C17H18N4O6S2/c1-3-9(10-6-29-17(18)19-10)13(23)20-11-14(24)21-12(16(25)26)8(4-27-7(2)22)5-28-15(11)21/h3,6,11,15H,4-5H2,1-2H3,(H2,18,19)(H,20,23)(H,25,26)/b9-3-/t11-,15-/m1/s1. The second-order valence-electron chi connectivity index (χ2n) is 6.17. The summed E-state index contributed by atoms with van der Waals surface area (Å²) < 4.78 is 4.89. The first-order valence-corrected chi connectivity index (χ1v) is 10.4. The van der Waals surface area contributed by atoms with Gasteiger partial charge < -0.3 is 20.9 Å². The number of hydrogen-bond acceptors (Lipinski definition) is 9. The van der Waals surface area contributed by atoms with Crippen molar-refractivity contribution in [3.63, 3.8) is 0 Å². The molecule has 0 aliphatic carbocycles. The molecule has 0 bridgehead atoms. The van der Waals surface area contributed by atoms with Crippen molar-refractivity contribution in [1.82, 2.24) is 15.2 Å². The van der Waals surface area contributed by atoms with E-state index in [0.29, 0.717) is 16.4 Å². The molecule has 0 aromatic carbocycles. The van der Waals surface area contributed by atoms with Crippen LogP contribution in [0.15, 0.2) is 22.7 Å². The van der Waals surface area contributed by atoms with Crippen LogP contribution in [-0.2, 0) is 23.9 Å². The van der Waals surface area contributed by atoms with E-state index in [-0.39, 0.29) is 23.6 Å². The molecular formula is C17H18N4O6S2. The van der Waals surface area contributed by atoms with Crippen LogP contribution in [0, 0.1) is 0 Å². The van der Waals surface area contributed by atoms with E-state index in [4.69, 9.17) is 10.5 Å². The molecule has 1 saturated heterocycles. The number of carboxylic acid groups (broad SMARTS) is 1. The number of nitrogen functional groups attached to an aromatic ring is 1. The van der Waals surface area contributed by atoms with Crippen LogP contribution in [0.25, 0.3) is 5.57 Å². The van der Waals surface area contributed by atoms with Gasteiger partial charge in [0.25, 0.3) is 11.8 Å². The number of aromatic nitrogens is 1. The fourth-order valence-corrected chi connectivity index (χ4v) is 4.90. The highest BCUT2D eigenvalue weighted by atomic mass is 32.2. The van der Waals surface area contributed by atoms with E-state index in [9.17, 15) is 24.3 Å². The molecule has 0 radical (unpaired) electrons. The number of anilines is 1. The second kappa shape index (κ2) is 8.25. The van der Waals surface area contributed by atoms with Crippen molar-refractivity contribution >= 4 is 57.6 Å². The van der Waals surface area contributed by atoms with Gasteiger partial charge in [0.2, 0.25) is 0 Å². The Morgan fingerprint density at radius 3 is 2.76 bits per heavy atom. The molecule has 12 heteroatoms. The number of β-lactam (4-membered cyclic amide) rings is 1. The molecule has 1 aromatic rings. The highest BCUT2D eigenvalue weighted by Gasteiger charge is 2.54. The summed E-state index contributed by atoms with van der Waals surface area (Å²) in [6, 6.07) is -0.872. The highest BCUT2D eigenvalue weighted by Crippen LogP contribution is 2.40. The number of esters is 1. The van der Waals surface area contributed by atoms with Crippen molar-refractivity contribution in [2.24, 2.45) is 0 Å². The van der Waals surface area contributed by atoms with E-state index in [1.54, 1.807) is 18.4 Å². The lowest BCUT2D eigenvalue weighted by molar-refractivity contribution is -0.150. The number of aliphatic carboxylic acids is 1. The van der Waals surface area contributed by atoms with Crippen molar-refractivity contribution in [3.8, 4) is 0 Å². The van der Waals surface area contributed by atoms with Crippen LogP contribution in [0.1, 0.15) is 19.5 Å². The number of allylic oxidation sites excluding steroid dienone is 1. The maximum Gasteiger partial charge on any atom is 0.352 e. The minimum Gasteiger partial charge on any atom is -0.477 e. The smallest absolute Gasteiger partial charge is 0.352 e. The number of carboxylic acids is 1. The Bertz CT molecular complexity index is 953. The van der Waals surface area contributed by atoms with E-state index >= 15 is 0 Å². The molecule has 2 amide bonds. The molecule has 1 fully saturated rings. The Balaban J connectivity index is 1.76. The zero-order chi connectivity index (χ0) is 21.3. The fraction of sp³-hybridized carbons (Fsp3) is 0.353. The largest absolute Gasteiger partial charge is 0.477 e. The summed E-state index contributed by atoms with van der Waals surface area (Å²) in [5, 5.41) is 13.6. The second-order valence-corrected chi connectivity index (χ2v) is 8.17. The van der Waals surface area contributed by atoms with Gasteiger partial charge in [-0.3, -0.25) is 19.3 Å². The average molecular weight is 438 g/mol. The maximum absolute atomic E-state index is 12.6. The van der Waals surface area contributed by atoms with E-state index in [2.05, 4.69) is 10.3 Å². The number of nitrogens with zero attached hydrogens (tertiary/aromatic N) is 2. The third kappa shape index (κ3) is 3.98. The van der Waals surface area contributed by atoms with Crippen LogP contribution in [0.3, 0.4) is 0 Å². The minimum atomic E-state index is -1.29. The van der Waals surface area contributed by atoms with Crippen molar-refractivity contribution < 1.29 is 29.0 Å². The Morgan fingerprint density at radius 2 is 2.21 bits per heavy atom. The van der Waals surface area contributed by atoms with Crippen molar-refractivity contribution in [2.75, 3.05) is 18.1 Å². The number of ether oxygens (including phenoxy) is 1. The van der Waals surface area contributed by atoms with Gasteiger partial charge >= 0.3 is 11.9 Å². The Labute approximate surface area is 173 Å². The maximum atomic E-state index is 12.6. The van der Waals surface area contributed by atoms with Crippen LogP contribution < -0.4 is 11.1 Å². The van der Waals surface area contributed by atoms with Gasteiger partial charge in [-0.2, -0.15) is 0 Å². The normalized spacial score (nSPS) is 21.4. The number of carbonyl (C=O) groups is 4. The molecule has 2 aliphatic rings. The number of nitrogens with two attached hydrogens (primary N) is 1. The van der Waals surface area contributed by atoms with Gasteiger partial charge in [-0.15, -0.1) is 23.1 Å². The van der Waals surface area contributed by atoms with Gasteiger partial charge in [-0.1, -0.05) is 6.08 Å². The average Bonchev–Trinajstić information content (AvgIpc) is 3.09. The van der Waals surface area contributed by atoms with Gasteiger partial charge in [-0.25, -0.2) is 9.78 Å². The zero-order valence-electron chi connectivity index (χ0n) is 15.5. The molecule has 3 heterocycles. The summed E-state index contributed by atoms with van der Waals surface area (Å²) in [5.74, 6) is -2.61. The first-order chi connectivity index (χ1) is 13.7. The van der Waals surface area contributed by atoms with Crippen LogP contribution in [0.2, 0.25) is 0 Å². The van der Waals surface area contributed by atoms with Crippen molar-refractivity contribution in [2.45, 2.75) is 25.3 Å². The first kappa shape index (κ1) is 20.9. The molecule has 0 saturated carbocycles. The molecular weight excluding hydrogens is 420 g/mol.